The maximum Gasteiger partial charge on any atom is 0.319 e. The van der Waals surface area contributed by atoms with Gasteiger partial charge in [-0.2, -0.15) is 0 Å². The molecule has 1 rings (SSSR count). The van der Waals surface area contributed by atoms with Gasteiger partial charge in [0, 0.05) is 33.5 Å². The summed E-state index contributed by atoms with van der Waals surface area (Å²) in [4.78, 5) is 11.5. The Labute approximate surface area is 123 Å². The van der Waals surface area contributed by atoms with Crippen LogP contribution in [0.4, 0.5) is 10.5 Å². The van der Waals surface area contributed by atoms with E-state index in [-0.39, 0.29) is 10.8 Å². The van der Waals surface area contributed by atoms with Crippen molar-refractivity contribution in [2.75, 3.05) is 11.9 Å². The number of rotatable bonds is 5. The molecule has 0 heterocycles. The summed E-state index contributed by atoms with van der Waals surface area (Å²) in [5.41, 5.74) is 1.63. The van der Waals surface area contributed by atoms with Gasteiger partial charge in [-0.3, -0.25) is 4.21 Å². The van der Waals surface area contributed by atoms with Crippen LogP contribution < -0.4 is 10.6 Å². The fourth-order valence-corrected chi connectivity index (χ4v) is 2.36. The van der Waals surface area contributed by atoms with Gasteiger partial charge in [-0.25, -0.2) is 4.79 Å². The molecule has 0 bridgehead atoms. The first-order valence-electron chi connectivity index (χ1n) is 6.46. The highest BCUT2D eigenvalue weighted by atomic mass is 32.2. The van der Waals surface area contributed by atoms with Crippen LogP contribution in [-0.4, -0.2) is 21.5 Å². The van der Waals surface area contributed by atoms with Crippen molar-refractivity contribution in [1.29, 1.82) is 0 Å². The second kappa shape index (κ2) is 7.24. The fourth-order valence-electron chi connectivity index (χ4n) is 1.45. The van der Waals surface area contributed by atoms with Crippen LogP contribution in [0.5, 0.6) is 0 Å². The monoisotopic (exact) mass is 294 g/mol. The first-order chi connectivity index (χ1) is 9.32. The highest BCUT2D eigenvalue weighted by Crippen LogP contribution is 2.18. The first kappa shape index (κ1) is 16.4. The molecule has 0 fully saturated rings. The summed E-state index contributed by atoms with van der Waals surface area (Å²) >= 11 is 0. The largest absolute Gasteiger partial charge is 0.334 e. The SMILES string of the molecule is C=CCNC(=O)Nc1cccc(C[S@@](=O)C(C)(C)C)c1. The molecule has 2 amide bonds. The average molecular weight is 294 g/mol. The maximum atomic E-state index is 12.1. The Hall–Kier alpha value is -1.62. The van der Waals surface area contributed by atoms with E-state index >= 15 is 0 Å². The topological polar surface area (TPSA) is 58.2 Å². The summed E-state index contributed by atoms with van der Waals surface area (Å²) in [6, 6.07) is 7.13. The minimum absolute atomic E-state index is 0.245. The number of amides is 2. The lowest BCUT2D eigenvalue weighted by molar-refractivity contribution is 0.253. The van der Waals surface area contributed by atoms with Crippen LogP contribution in [0, 0.1) is 0 Å². The summed E-state index contributed by atoms with van der Waals surface area (Å²) in [7, 11) is -0.956. The van der Waals surface area contributed by atoms with E-state index in [0.717, 1.165) is 5.56 Å². The van der Waals surface area contributed by atoms with Crippen molar-refractivity contribution in [3.63, 3.8) is 0 Å². The molecule has 0 unspecified atom stereocenters. The van der Waals surface area contributed by atoms with Gasteiger partial charge in [0.25, 0.3) is 0 Å². The molecule has 2 N–H and O–H groups in total. The number of urea groups is 1. The molecule has 0 aliphatic carbocycles. The number of hydrogen-bond acceptors (Lipinski definition) is 2. The summed E-state index contributed by atoms with van der Waals surface area (Å²) < 4.78 is 11.9. The molecule has 0 aliphatic rings. The predicted octanol–water partition coefficient (Wildman–Crippen LogP) is 3.04. The molecule has 20 heavy (non-hydrogen) atoms. The van der Waals surface area contributed by atoms with E-state index in [1.807, 2.05) is 39.0 Å². The summed E-state index contributed by atoms with van der Waals surface area (Å²) in [6.45, 7) is 9.81. The normalized spacial score (nSPS) is 12.6. The van der Waals surface area contributed by atoms with E-state index in [1.165, 1.54) is 0 Å². The molecule has 0 aliphatic heterocycles. The highest BCUT2D eigenvalue weighted by molar-refractivity contribution is 7.85. The first-order valence-corrected chi connectivity index (χ1v) is 7.78. The lowest BCUT2D eigenvalue weighted by atomic mass is 10.2. The Balaban J connectivity index is 2.69. The average Bonchev–Trinajstić information content (AvgIpc) is 2.35. The zero-order valence-corrected chi connectivity index (χ0v) is 13.0. The quantitative estimate of drug-likeness (QED) is 0.820. The third-order valence-electron chi connectivity index (χ3n) is 2.57. The Morgan fingerprint density at radius 2 is 2.10 bits per heavy atom. The van der Waals surface area contributed by atoms with Gasteiger partial charge in [0.2, 0.25) is 0 Å². The van der Waals surface area contributed by atoms with E-state index < -0.39 is 10.8 Å². The van der Waals surface area contributed by atoms with Gasteiger partial charge in [0.1, 0.15) is 0 Å². The molecule has 1 aromatic carbocycles. The summed E-state index contributed by atoms with van der Waals surface area (Å²) in [6.07, 6.45) is 1.61. The second-order valence-corrected chi connectivity index (χ2v) is 7.63. The van der Waals surface area contributed by atoms with Crippen LogP contribution in [-0.2, 0) is 16.6 Å². The molecule has 110 valence electrons. The minimum atomic E-state index is -0.956. The lowest BCUT2D eigenvalue weighted by Gasteiger charge is -2.18. The molecule has 0 aromatic heterocycles. The van der Waals surface area contributed by atoms with Crippen molar-refractivity contribution in [2.45, 2.75) is 31.3 Å². The van der Waals surface area contributed by atoms with E-state index in [1.54, 1.807) is 12.1 Å². The number of hydrogen-bond donors (Lipinski definition) is 2. The van der Waals surface area contributed by atoms with Crippen molar-refractivity contribution >= 4 is 22.5 Å². The minimum Gasteiger partial charge on any atom is -0.334 e. The molecular formula is C15H22N2O2S. The molecule has 1 atom stereocenters. The number of anilines is 1. The molecule has 0 spiro atoms. The Kier molecular flexibility index (Phi) is 5.95. The van der Waals surface area contributed by atoms with Crippen LogP contribution in [0.15, 0.2) is 36.9 Å². The Morgan fingerprint density at radius 3 is 2.70 bits per heavy atom. The third kappa shape index (κ3) is 5.57. The number of benzene rings is 1. The van der Waals surface area contributed by atoms with Crippen molar-refractivity contribution in [3.05, 3.63) is 42.5 Å². The van der Waals surface area contributed by atoms with Crippen molar-refractivity contribution < 1.29 is 9.00 Å². The van der Waals surface area contributed by atoms with Crippen molar-refractivity contribution in [3.8, 4) is 0 Å². The van der Waals surface area contributed by atoms with Crippen LogP contribution in [0.1, 0.15) is 26.3 Å². The molecule has 0 saturated heterocycles. The summed E-state index contributed by atoms with van der Waals surface area (Å²) in [5.74, 6) is 0.479. The molecule has 0 saturated carbocycles. The van der Waals surface area contributed by atoms with E-state index in [2.05, 4.69) is 17.2 Å². The van der Waals surface area contributed by atoms with Gasteiger partial charge in [-0.1, -0.05) is 18.2 Å². The van der Waals surface area contributed by atoms with Crippen LogP contribution in [0.3, 0.4) is 0 Å². The predicted molar refractivity (Wildman–Crippen MR) is 85.3 cm³/mol. The molecule has 5 heteroatoms. The third-order valence-corrected chi connectivity index (χ3v) is 4.53. The van der Waals surface area contributed by atoms with Gasteiger partial charge in [0.15, 0.2) is 0 Å². The fraction of sp³-hybridized carbons (Fsp3) is 0.400. The Bertz CT molecular complexity index is 507. The van der Waals surface area contributed by atoms with Gasteiger partial charge < -0.3 is 10.6 Å². The van der Waals surface area contributed by atoms with Crippen molar-refractivity contribution in [1.82, 2.24) is 5.32 Å². The highest BCUT2D eigenvalue weighted by Gasteiger charge is 2.19. The molecule has 4 nitrogen and oxygen atoms in total. The van der Waals surface area contributed by atoms with E-state index in [9.17, 15) is 9.00 Å². The lowest BCUT2D eigenvalue weighted by Crippen LogP contribution is -2.28. The Morgan fingerprint density at radius 1 is 1.40 bits per heavy atom. The van der Waals surface area contributed by atoms with Crippen LogP contribution in [0.25, 0.3) is 0 Å². The van der Waals surface area contributed by atoms with Gasteiger partial charge in [-0.15, -0.1) is 6.58 Å². The molecular weight excluding hydrogens is 272 g/mol. The number of carbonyl (C=O) groups is 1. The molecule has 1 aromatic rings. The smallest absolute Gasteiger partial charge is 0.319 e. The summed E-state index contributed by atoms with van der Waals surface area (Å²) in [5, 5.41) is 5.37. The zero-order valence-electron chi connectivity index (χ0n) is 12.2. The van der Waals surface area contributed by atoms with Gasteiger partial charge in [-0.05, 0) is 38.5 Å². The van der Waals surface area contributed by atoms with Crippen LogP contribution in [0.2, 0.25) is 0 Å². The maximum absolute atomic E-state index is 12.1. The van der Waals surface area contributed by atoms with Gasteiger partial charge >= 0.3 is 6.03 Å². The number of nitrogens with one attached hydrogen (secondary N) is 2. The van der Waals surface area contributed by atoms with E-state index in [0.29, 0.717) is 18.0 Å². The zero-order chi connectivity index (χ0) is 15.2. The van der Waals surface area contributed by atoms with Gasteiger partial charge in [0.05, 0.1) is 0 Å². The van der Waals surface area contributed by atoms with Crippen molar-refractivity contribution in [2.24, 2.45) is 0 Å². The van der Waals surface area contributed by atoms with E-state index in [4.69, 9.17) is 0 Å². The molecule has 0 radical (unpaired) electrons. The van der Waals surface area contributed by atoms with Crippen LogP contribution >= 0.6 is 0 Å². The standard InChI is InChI=1S/C15H22N2O2S/c1-5-9-16-14(18)17-13-8-6-7-12(10-13)11-20(19)15(2,3)4/h5-8,10H,1,9,11H2,2-4H3,(H2,16,17,18)/t20-/m1/s1. The second-order valence-electron chi connectivity index (χ2n) is 5.43. The number of carbonyl (C=O) groups excluding carboxylic acids is 1.